The number of fused-ring (bicyclic) bond motifs is 1. The van der Waals surface area contributed by atoms with Gasteiger partial charge in [0.05, 0.1) is 0 Å². The summed E-state index contributed by atoms with van der Waals surface area (Å²) < 4.78 is 3.78. The van der Waals surface area contributed by atoms with Crippen molar-refractivity contribution in [1.82, 2.24) is 4.57 Å². The fourth-order valence-corrected chi connectivity index (χ4v) is 5.86. The number of hydrogen-bond acceptors (Lipinski definition) is 0. The van der Waals surface area contributed by atoms with E-state index in [1.54, 1.807) is 0 Å². The van der Waals surface area contributed by atoms with Crippen molar-refractivity contribution in [3.8, 4) is 0 Å². The molecule has 0 bridgehead atoms. The van der Waals surface area contributed by atoms with Gasteiger partial charge in [-0.3, -0.25) is 0 Å². The van der Waals surface area contributed by atoms with Crippen LogP contribution in [0.3, 0.4) is 0 Å². The molecule has 1 nitrogen and oxygen atoms in total. The maximum absolute atomic E-state index is 3.93. The van der Waals surface area contributed by atoms with Gasteiger partial charge in [0.25, 0.3) is 0 Å². The third-order valence-electron chi connectivity index (χ3n) is 4.88. The van der Waals surface area contributed by atoms with Gasteiger partial charge in [-0.05, 0) is 0 Å². The molecule has 1 unspecified atom stereocenters. The second-order valence-corrected chi connectivity index (χ2v) is 8.92. The zero-order valence-electron chi connectivity index (χ0n) is 15.3. The summed E-state index contributed by atoms with van der Waals surface area (Å²) >= 11 is 0.434. The van der Waals surface area contributed by atoms with Gasteiger partial charge in [0.15, 0.2) is 0 Å². The Morgan fingerprint density at radius 2 is 1.52 bits per heavy atom. The van der Waals surface area contributed by atoms with Gasteiger partial charge in [0.1, 0.15) is 0 Å². The molecule has 1 heterocycles. The third-order valence-corrected chi connectivity index (χ3v) is 7.20. The van der Waals surface area contributed by atoms with Gasteiger partial charge in [-0.1, -0.05) is 0 Å². The fourth-order valence-electron chi connectivity index (χ4n) is 3.59. The van der Waals surface area contributed by atoms with E-state index in [1.165, 1.54) is 26.5 Å². The van der Waals surface area contributed by atoms with E-state index in [-0.39, 0.29) is 0 Å². The molecule has 0 saturated heterocycles. The van der Waals surface area contributed by atoms with Crippen LogP contribution < -0.4 is 4.46 Å². The Labute approximate surface area is 167 Å². The van der Waals surface area contributed by atoms with Crippen LogP contribution in [-0.2, 0) is 6.54 Å². The molecule has 2 heteroatoms. The van der Waals surface area contributed by atoms with Crippen LogP contribution in [0.15, 0.2) is 104 Å². The van der Waals surface area contributed by atoms with Gasteiger partial charge in [-0.2, -0.15) is 0 Å². The Morgan fingerprint density at radius 3 is 2.26 bits per heavy atom. The summed E-state index contributed by atoms with van der Waals surface area (Å²) in [4.78, 5) is 0. The summed E-state index contributed by atoms with van der Waals surface area (Å²) in [6.07, 6.45) is 4.31. The summed E-state index contributed by atoms with van der Waals surface area (Å²) in [5.74, 6) is 0.405. The minimum atomic E-state index is 0.405. The summed E-state index contributed by atoms with van der Waals surface area (Å²) in [7, 11) is 0. The summed E-state index contributed by atoms with van der Waals surface area (Å²) in [6.45, 7) is 4.77. The number of para-hydroxylation sites is 1. The number of aromatic nitrogens is 1. The number of allylic oxidation sites excluding steroid dienone is 1. The molecule has 0 radical (unpaired) electrons. The van der Waals surface area contributed by atoms with Crippen LogP contribution in [0.25, 0.3) is 10.9 Å². The molecule has 134 valence electrons. The predicted octanol–water partition coefficient (Wildman–Crippen LogP) is 5.41. The SMILES string of the molecule is C=CCn1cc(C(C[Se]c2ccccc2)c2ccccc2)c2ccccc21. The molecule has 0 spiro atoms. The minimum absolute atomic E-state index is 0.405. The summed E-state index contributed by atoms with van der Waals surface area (Å²) in [5.41, 5.74) is 4.12. The van der Waals surface area contributed by atoms with E-state index in [4.69, 9.17) is 0 Å². The van der Waals surface area contributed by atoms with Crippen LogP contribution >= 0.6 is 0 Å². The molecule has 1 atom stereocenters. The Morgan fingerprint density at radius 1 is 0.852 bits per heavy atom. The van der Waals surface area contributed by atoms with Crippen molar-refractivity contribution in [2.45, 2.75) is 17.8 Å². The molecule has 0 fully saturated rings. The third kappa shape index (κ3) is 3.93. The first kappa shape index (κ1) is 17.9. The van der Waals surface area contributed by atoms with Crippen molar-refractivity contribution in [2.75, 3.05) is 0 Å². The average molecular weight is 416 g/mol. The van der Waals surface area contributed by atoms with Gasteiger partial charge in [0, 0.05) is 0 Å². The van der Waals surface area contributed by atoms with Crippen molar-refractivity contribution < 1.29 is 0 Å². The second-order valence-electron chi connectivity index (χ2n) is 6.63. The van der Waals surface area contributed by atoms with Crippen molar-refractivity contribution >= 4 is 30.3 Å². The van der Waals surface area contributed by atoms with Gasteiger partial charge in [-0.25, -0.2) is 0 Å². The molecule has 1 aromatic heterocycles. The Kier molecular flexibility index (Phi) is 5.58. The van der Waals surface area contributed by atoms with Crippen LogP contribution in [0.1, 0.15) is 17.0 Å². The molecule has 3 aromatic carbocycles. The quantitative estimate of drug-likeness (QED) is 0.281. The normalized spacial score (nSPS) is 12.1. The first-order valence-corrected chi connectivity index (χ1v) is 11.3. The van der Waals surface area contributed by atoms with E-state index in [9.17, 15) is 0 Å². The zero-order chi connectivity index (χ0) is 18.5. The van der Waals surface area contributed by atoms with E-state index >= 15 is 0 Å². The number of nitrogens with zero attached hydrogens (tertiary/aromatic N) is 1. The van der Waals surface area contributed by atoms with Crippen molar-refractivity contribution in [3.05, 3.63) is 115 Å². The fraction of sp³-hybridized carbons (Fsp3) is 0.120. The molecule has 4 aromatic rings. The molecule has 27 heavy (non-hydrogen) atoms. The van der Waals surface area contributed by atoms with E-state index in [2.05, 4.69) is 102 Å². The monoisotopic (exact) mass is 417 g/mol. The van der Waals surface area contributed by atoms with Gasteiger partial charge in [-0.15, -0.1) is 0 Å². The van der Waals surface area contributed by atoms with E-state index in [0.717, 1.165) is 11.9 Å². The van der Waals surface area contributed by atoms with Crippen molar-refractivity contribution in [3.63, 3.8) is 0 Å². The van der Waals surface area contributed by atoms with Crippen LogP contribution in [0, 0.1) is 0 Å². The second kappa shape index (κ2) is 8.43. The molecule has 0 saturated carbocycles. The predicted molar refractivity (Wildman–Crippen MR) is 117 cm³/mol. The summed E-state index contributed by atoms with van der Waals surface area (Å²) in [5, 5.41) is 2.51. The van der Waals surface area contributed by atoms with Crippen LogP contribution in [-0.4, -0.2) is 19.5 Å². The molecule has 0 aliphatic heterocycles. The Bertz CT molecular complexity index is 1020. The van der Waals surface area contributed by atoms with Gasteiger partial charge in [0.2, 0.25) is 0 Å². The summed E-state index contributed by atoms with van der Waals surface area (Å²) in [6, 6.07) is 30.6. The van der Waals surface area contributed by atoms with Crippen LogP contribution in [0.5, 0.6) is 0 Å². The number of hydrogen-bond donors (Lipinski definition) is 0. The van der Waals surface area contributed by atoms with Crippen molar-refractivity contribution in [2.24, 2.45) is 0 Å². The molecule has 0 aliphatic carbocycles. The average Bonchev–Trinajstić information content (AvgIpc) is 3.09. The maximum atomic E-state index is 3.93. The van der Waals surface area contributed by atoms with Crippen LogP contribution in [0.2, 0.25) is 5.32 Å². The van der Waals surface area contributed by atoms with E-state index < -0.39 is 0 Å². The van der Waals surface area contributed by atoms with E-state index in [1.807, 2.05) is 6.08 Å². The first-order chi connectivity index (χ1) is 13.4. The molecule has 0 amide bonds. The van der Waals surface area contributed by atoms with Gasteiger partial charge >= 0.3 is 168 Å². The Hall–Kier alpha value is -2.54. The zero-order valence-corrected chi connectivity index (χ0v) is 17.0. The molecular weight excluding hydrogens is 393 g/mol. The van der Waals surface area contributed by atoms with Gasteiger partial charge < -0.3 is 0 Å². The molecular formula is C25H23NSe. The standard InChI is InChI=1S/C25H23NSe/c1-2-17-26-18-23(22-15-9-10-16-25(22)26)24(20-11-5-3-6-12-20)19-27-21-13-7-4-8-14-21/h2-16,18,24H,1,17,19H2. The molecule has 0 aliphatic rings. The van der Waals surface area contributed by atoms with Crippen molar-refractivity contribution in [1.29, 1.82) is 0 Å². The number of benzene rings is 3. The van der Waals surface area contributed by atoms with E-state index in [0.29, 0.717) is 20.9 Å². The Balaban J connectivity index is 1.77. The number of rotatable bonds is 7. The molecule has 0 N–H and O–H groups in total. The first-order valence-electron chi connectivity index (χ1n) is 9.28. The molecule has 4 rings (SSSR count). The van der Waals surface area contributed by atoms with Crippen LogP contribution in [0.4, 0.5) is 0 Å². The topological polar surface area (TPSA) is 4.93 Å².